The molecule has 0 aromatic heterocycles. The highest BCUT2D eigenvalue weighted by molar-refractivity contribution is 5.82. The van der Waals surface area contributed by atoms with E-state index < -0.39 is 0 Å². The van der Waals surface area contributed by atoms with Crippen LogP contribution < -0.4 is 0 Å². The summed E-state index contributed by atoms with van der Waals surface area (Å²) in [5, 5.41) is 0. The van der Waals surface area contributed by atoms with Crippen molar-refractivity contribution < 1.29 is 9.53 Å². The van der Waals surface area contributed by atoms with E-state index in [0.29, 0.717) is 18.4 Å². The van der Waals surface area contributed by atoms with Crippen LogP contribution in [0.25, 0.3) is 0 Å². The van der Waals surface area contributed by atoms with E-state index >= 15 is 0 Å². The second-order valence-corrected chi connectivity index (χ2v) is 4.41. The third kappa shape index (κ3) is 3.00. The number of hydrogen-bond acceptors (Lipinski definition) is 4. The molecule has 2 aliphatic rings. The lowest BCUT2D eigenvalue weighted by Crippen LogP contribution is -2.47. The molecule has 1 atom stereocenters. The van der Waals surface area contributed by atoms with Gasteiger partial charge in [-0.2, -0.15) is 0 Å². The predicted molar refractivity (Wildman–Crippen MR) is 57.9 cm³/mol. The lowest BCUT2D eigenvalue weighted by molar-refractivity contribution is -0.117. The minimum Gasteiger partial charge on any atom is -0.374 e. The molecule has 2 aliphatic heterocycles. The Morgan fingerprint density at radius 1 is 1.40 bits per heavy atom. The van der Waals surface area contributed by atoms with Gasteiger partial charge in [-0.05, 0) is 6.54 Å². The summed E-state index contributed by atoms with van der Waals surface area (Å²) in [6.07, 6.45) is 1.02. The minimum absolute atomic E-state index is 0.296. The summed E-state index contributed by atoms with van der Waals surface area (Å²) in [6, 6.07) is 0. The van der Waals surface area contributed by atoms with E-state index in [0.717, 1.165) is 45.8 Å². The number of likely N-dealkylation sites (N-methyl/N-ethyl adjacent to an activating group) is 1. The Kier molecular flexibility index (Phi) is 3.72. The first kappa shape index (κ1) is 11.0. The molecule has 0 aromatic carbocycles. The maximum absolute atomic E-state index is 11.1. The van der Waals surface area contributed by atoms with E-state index in [1.807, 2.05) is 0 Å². The summed E-state index contributed by atoms with van der Waals surface area (Å²) in [4.78, 5) is 15.7. The number of likely N-dealkylation sites (tertiary alicyclic amines) is 1. The summed E-state index contributed by atoms with van der Waals surface area (Å²) < 4.78 is 5.71. The molecular formula is C11H20N2O2. The summed E-state index contributed by atoms with van der Waals surface area (Å²) in [5.74, 6) is 0.373. The second-order valence-electron chi connectivity index (χ2n) is 4.41. The lowest BCUT2D eigenvalue weighted by atomic mass is 10.2. The van der Waals surface area contributed by atoms with Crippen LogP contribution in [0.15, 0.2) is 0 Å². The van der Waals surface area contributed by atoms with Gasteiger partial charge in [-0.3, -0.25) is 14.6 Å². The third-order valence-corrected chi connectivity index (χ3v) is 3.24. The van der Waals surface area contributed by atoms with Crippen LogP contribution in [0, 0.1) is 0 Å². The molecule has 2 heterocycles. The molecule has 2 rings (SSSR count). The molecule has 0 aliphatic carbocycles. The molecule has 2 fully saturated rings. The summed E-state index contributed by atoms with van der Waals surface area (Å²) >= 11 is 0. The first-order chi connectivity index (χ1) is 7.28. The number of carbonyl (C=O) groups is 1. The fourth-order valence-electron chi connectivity index (χ4n) is 2.31. The monoisotopic (exact) mass is 212 g/mol. The van der Waals surface area contributed by atoms with Crippen LogP contribution >= 0.6 is 0 Å². The molecule has 0 spiro atoms. The lowest BCUT2D eigenvalue weighted by Gasteiger charge is -2.33. The van der Waals surface area contributed by atoms with Gasteiger partial charge in [0.15, 0.2) is 0 Å². The highest BCUT2D eigenvalue weighted by Gasteiger charge is 2.25. The largest absolute Gasteiger partial charge is 0.374 e. The molecule has 86 valence electrons. The topological polar surface area (TPSA) is 32.8 Å². The molecule has 1 unspecified atom stereocenters. The number of ether oxygens (including phenoxy) is 1. The van der Waals surface area contributed by atoms with Gasteiger partial charge in [0.2, 0.25) is 0 Å². The van der Waals surface area contributed by atoms with Crippen LogP contribution in [-0.4, -0.2) is 67.6 Å². The molecule has 0 amide bonds. The van der Waals surface area contributed by atoms with Gasteiger partial charge in [0.25, 0.3) is 0 Å². The maximum Gasteiger partial charge on any atom is 0.148 e. The SMILES string of the molecule is CCN1CCOC(CN2CCC(=O)C2)C1. The number of rotatable bonds is 3. The minimum atomic E-state index is 0.296. The summed E-state index contributed by atoms with van der Waals surface area (Å²) in [7, 11) is 0. The standard InChI is InChI=1S/C11H20N2O2/c1-2-12-5-6-15-11(8-12)9-13-4-3-10(14)7-13/h11H,2-9H2,1H3. The van der Waals surface area contributed by atoms with E-state index in [1.54, 1.807) is 0 Å². The van der Waals surface area contributed by atoms with E-state index in [-0.39, 0.29) is 0 Å². The molecule has 4 nitrogen and oxygen atoms in total. The van der Waals surface area contributed by atoms with Crippen LogP contribution in [0.4, 0.5) is 0 Å². The van der Waals surface area contributed by atoms with Gasteiger partial charge in [0.1, 0.15) is 5.78 Å². The highest BCUT2D eigenvalue weighted by Crippen LogP contribution is 2.10. The third-order valence-electron chi connectivity index (χ3n) is 3.24. The summed E-state index contributed by atoms with van der Waals surface area (Å²) in [6.45, 7) is 8.65. The van der Waals surface area contributed by atoms with Crippen molar-refractivity contribution >= 4 is 5.78 Å². The van der Waals surface area contributed by atoms with Gasteiger partial charge >= 0.3 is 0 Å². The quantitative estimate of drug-likeness (QED) is 0.658. The molecule has 4 heteroatoms. The first-order valence-electron chi connectivity index (χ1n) is 5.86. The van der Waals surface area contributed by atoms with Crippen molar-refractivity contribution in [1.29, 1.82) is 0 Å². The molecule has 0 N–H and O–H groups in total. The van der Waals surface area contributed by atoms with Crippen molar-refractivity contribution in [3.05, 3.63) is 0 Å². The fraction of sp³-hybridized carbons (Fsp3) is 0.909. The Morgan fingerprint density at radius 2 is 2.27 bits per heavy atom. The van der Waals surface area contributed by atoms with E-state index in [4.69, 9.17) is 4.74 Å². The van der Waals surface area contributed by atoms with E-state index in [1.165, 1.54) is 0 Å². The Morgan fingerprint density at radius 3 is 2.93 bits per heavy atom. The zero-order valence-corrected chi connectivity index (χ0v) is 9.45. The molecule has 2 saturated heterocycles. The van der Waals surface area contributed by atoms with Gasteiger partial charge in [0, 0.05) is 32.6 Å². The summed E-state index contributed by atoms with van der Waals surface area (Å²) in [5.41, 5.74) is 0. The normalized spacial score (nSPS) is 29.9. The van der Waals surface area contributed by atoms with Crippen LogP contribution in [-0.2, 0) is 9.53 Å². The van der Waals surface area contributed by atoms with Gasteiger partial charge in [0.05, 0.1) is 19.3 Å². The van der Waals surface area contributed by atoms with Gasteiger partial charge in [-0.1, -0.05) is 6.92 Å². The van der Waals surface area contributed by atoms with Crippen molar-refractivity contribution in [3.63, 3.8) is 0 Å². The number of morpholine rings is 1. The second kappa shape index (κ2) is 5.05. The zero-order chi connectivity index (χ0) is 10.7. The molecule has 0 bridgehead atoms. The van der Waals surface area contributed by atoms with Gasteiger partial charge < -0.3 is 4.74 Å². The molecule has 0 aromatic rings. The van der Waals surface area contributed by atoms with Crippen molar-refractivity contribution in [2.24, 2.45) is 0 Å². The Balaban J connectivity index is 1.76. The van der Waals surface area contributed by atoms with Crippen molar-refractivity contribution in [1.82, 2.24) is 9.80 Å². The Bertz CT molecular complexity index is 233. The van der Waals surface area contributed by atoms with Gasteiger partial charge in [-0.15, -0.1) is 0 Å². The Hall–Kier alpha value is -0.450. The fourth-order valence-corrected chi connectivity index (χ4v) is 2.31. The van der Waals surface area contributed by atoms with Crippen molar-refractivity contribution in [2.75, 3.05) is 45.9 Å². The average Bonchev–Trinajstić information content (AvgIpc) is 2.64. The number of ketones is 1. The van der Waals surface area contributed by atoms with E-state index in [9.17, 15) is 4.79 Å². The van der Waals surface area contributed by atoms with Crippen LogP contribution in [0.5, 0.6) is 0 Å². The van der Waals surface area contributed by atoms with Crippen LogP contribution in [0.1, 0.15) is 13.3 Å². The molecule has 15 heavy (non-hydrogen) atoms. The maximum atomic E-state index is 11.1. The zero-order valence-electron chi connectivity index (χ0n) is 9.45. The molecular weight excluding hydrogens is 192 g/mol. The van der Waals surface area contributed by atoms with Crippen molar-refractivity contribution in [3.8, 4) is 0 Å². The first-order valence-corrected chi connectivity index (χ1v) is 5.86. The molecule has 0 radical (unpaired) electrons. The number of carbonyl (C=O) groups excluding carboxylic acids is 1. The predicted octanol–water partition coefficient (Wildman–Crippen LogP) is -0.0181. The smallest absolute Gasteiger partial charge is 0.148 e. The van der Waals surface area contributed by atoms with Crippen LogP contribution in [0.2, 0.25) is 0 Å². The number of Topliss-reactive ketones (excluding diaryl/α,β-unsaturated/α-hetero) is 1. The number of hydrogen-bond donors (Lipinski definition) is 0. The molecule has 0 saturated carbocycles. The van der Waals surface area contributed by atoms with E-state index in [2.05, 4.69) is 16.7 Å². The highest BCUT2D eigenvalue weighted by atomic mass is 16.5. The van der Waals surface area contributed by atoms with Crippen LogP contribution in [0.3, 0.4) is 0 Å². The average molecular weight is 212 g/mol. The Labute approximate surface area is 91.2 Å². The van der Waals surface area contributed by atoms with Crippen molar-refractivity contribution in [2.45, 2.75) is 19.4 Å². The number of nitrogens with zero attached hydrogens (tertiary/aromatic N) is 2. The van der Waals surface area contributed by atoms with Gasteiger partial charge in [-0.25, -0.2) is 0 Å².